The van der Waals surface area contributed by atoms with E-state index in [1.165, 1.54) is 22.2 Å². The number of hydrogen-bond donors (Lipinski definition) is 1. The van der Waals surface area contributed by atoms with Gasteiger partial charge in [0.1, 0.15) is 4.83 Å². The number of rotatable bonds is 8. The lowest BCUT2D eigenvalue weighted by Crippen LogP contribution is -2.24. The van der Waals surface area contributed by atoms with E-state index in [4.69, 9.17) is 4.98 Å². The maximum absolute atomic E-state index is 13.3. The standard InChI is InChI=1S/C20H23N3O2S2/c1-2-3-4-11-23-19(25)17-13-7-5-9-16(13)27-18(17)22-20(23)26-12-15(24)14-8-6-10-21-14/h6,8,10,21H,2-5,7,9,11-12H2,1H3. The SMILES string of the molecule is CCCCCn1c(SCC(=O)c2ccc[nH]2)nc2sc3c(c2c1=O)CCC3. The van der Waals surface area contributed by atoms with Crippen LogP contribution in [0, 0.1) is 0 Å². The summed E-state index contributed by atoms with van der Waals surface area (Å²) in [7, 11) is 0. The Balaban J connectivity index is 1.68. The Morgan fingerprint density at radius 3 is 3.04 bits per heavy atom. The Kier molecular flexibility index (Phi) is 5.50. The zero-order chi connectivity index (χ0) is 18.8. The molecule has 0 saturated carbocycles. The van der Waals surface area contributed by atoms with Gasteiger partial charge in [-0.3, -0.25) is 14.2 Å². The van der Waals surface area contributed by atoms with Gasteiger partial charge in [-0.15, -0.1) is 11.3 Å². The summed E-state index contributed by atoms with van der Waals surface area (Å²) in [6.45, 7) is 2.82. The Morgan fingerprint density at radius 1 is 1.37 bits per heavy atom. The van der Waals surface area contributed by atoms with Crippen molar-refractivity contribution in [2.24, 2.45) is 0 Å². The number of thioether (sulfide) groups is 1. The number of carbonyl (C=O) groups is 1. The van der Waals surface area contributed by atoms with Gasteiger partial charge in [0.15, 0.2) is 10.9 Å². The fourth-order valence-corrected chi connectivity index (χ4v) is 5.81. The predicted molar refractivity (Wildman–Crippen MR) is 111 cm³/mol. The molecule has 3 heterocycles. The first-order valence-electron chi connectivity index (χ1n) is 9.53. The minimum Gasteiger partial charge on any atom is -0.359 e. The average molecular weight is 402 g/mol. The van der Waals surface area contributed by atoms with Gasteiger partial charge in [0.2, 0.25) is 0 Å². The molecular formula is C20H23N3O2S2. The molecule has 0 amide bonds. The number of unbranched alkanes of at least 4 members (excludes halogenated alkanes) is 2. The van der Waals surface area contributed by atoms with E-state index in [1.54, 1.807) is 28.2 Å². The predicted octanol–water partition coefficient (Wildman–Crippen LogP) is 4.44. The van der Waals surface area contributed by atoms with Crippen molar-refractivity contribution >= 4 is 39.1 Å². The van der Waals surface area contributed by atoms with Gasteiger partial charge in [0, 0.05) is 17.6 Å². The number of fused-ring (bicyclic) bond motifs is 3. The second-order valence-electron chi connectivity index (χ2n) is 6.89. The second kappa shape index (κ2) is 8.02. The first-order chi connectivity index (χ1) is 13.2. The van der Waals surface area contributed by atoms with Crippen molar-refractivity contribution in [1.29, 1.82) is 0 Å². The van der Waals surface area contributed by atoms with E-state index >= 15 is 0 Å². The number of aryl methyl sites for hydroxylation is 2. The Bertz CT molecular complexity index is 1020. The van der Waals surface area contributed by atoms with E-state index in [0.29, 0.717) is 17.4 Å². The molecule has 0 bridgehead atoms. The van der Waals surface area contributed by atoms with Crippen molar-refractivity contribution in [2.75, 3.05) is 5.75 Å². The summed E-state index contributed by atoms with van der Waals surface area (Å²) in [5, 5.41) is 1.49. The van der Waals surface area contributed by atoms with E-state index < -0.39 is 0 Å². The summed E-state index contributed by atoms with van der Waals surface area (Å²) in [5.74, 6) is 0.297. The molecule has 3 aromatic rings. The van der Waals surface area contributed by atoms with Crippen LogP contribution < -0.4 is 5.56 Å². The number of aromatic nitrogens is 3. The third kappa shape index (κ3) is 3.62. The topological polar surface area (TPSA) is 67.8 Å². The summed E-state index contributed by atoms with van der Waals surface area (Å²) in [6, 6.07) is 3.59. The third-order valence-corrected chi connectivity index (χ3v) is 7.17. The molecule has 0 radical (unpaired) electrons. The van der Waals surface area contributed by atoms with Crippen molar-refractivity contribution in [2.45, 2.75) is 57.1 Å². The Hall–Kier alpha value is -1.86. The molecule has 0 aromatic carbocycles. The lowest BCUT2D eigenvalue weighted by Gasteiger charge is -2.12. The van der Waals surface area contributed by atoms with E-state index in [2.05, 4.69) is 11.9 Å². The summed E-state index contributed by atoms with van der Waals surface area (Å²) in [4.78, 5) is 35.5. The first-order valence-corrected chi connectivity index (χ1v) is 11.3. The van der Waals surface area contributed by atoms with Gasteiger partial charge in [-0.05, 0) is 43.4 Å². The monoisotopic (exact) mass is 401 g/mol. The van der Waals surface area contributed by atoms with Gasteiger partial charge < -0.3 is 4.98 Å². The number of hydrogen-bond acceptors (Lipinski definition) is 5. The summed E-state index contributed by atoms with van der Waals surface area (Å²) >= 11 is 3.03. The summed E-state index contributed by atoms with van der Waals surface area (Å²) in [6.07, 6.45) is 8.06. The van der Waals surface area contributed by atoms with Crippen LogP contribution in [0.25, 0.3) is 10.2 Å². The van der Waals surface area contributed by atoms with Crippen LogP contribution >= 0.6 is 23.1 Å². The molecule has 0 aliphatic heterocycles. The lowest BCUT2D eigenvalue weighted by molar-refractivity contribution is 0.101. The molecule has 0 saturated heterocycles. The fraction of sp³-hybridized carbons (Fsp3) is 0.450. The minimum absolute atomic E-state index is 0.0214. The highest BCUT2D eigenvalue weighted by molar-refractivity contribution is 7.99. The molecule has 1 N–H and O–H groups in total. The quantitative estimate of drug-likeness (QED) is 0.262. The Labute approximate surface area is 166 Å². The van der Waals surface area contributed by atoms with E-state index in [1.807, 2.05) is 6.07 Å². The molecule has 0 spiro atoms. The molecule has 3 aromatic heterocycles. The highest BCUT2D eigenvalue weighted by Gasteiger charge is 2.23. The average Bonchev–Trinajstić information content (AvgIpc) is 3.38. The molecule has 4 rings (SSSR count). The van der Waals surface area contributed by atoms with Crippen LogP contribution in [0.3, 0.4) is 0 Å². The number of nitrogens with one attached hydrogen (secondary N) is 1. The van der Waals surface area contributed by atoms with Crippen LogP contribution in [0.15, 0.2) is 28.3 Å². The van der Waals surface area contributed by atoms with Crippen LogP contribution in [0.1, 0.15) is 53.5 Å². The maximum Gasteiger partial charge on any atom is 0.263 e. The summed E-state index contributed by atoms with van der Waals surface area (Å²) < 4.78 is 1.80. The molecular weight excluding hydrogens is 378 g/mol. The molecule has 27 heavy (non-hydrogen) atoms. The zero-order valence-electron chi connectivity index (χ0n) is 15.4. The van der Waals surface area contributed by atoms with Crippen molar-refractivity contribution in [3.63, 3.8) is 0 Å². The number of aromatic amines is 1. The van der Waals surface area contributed by atoms with Gasteiger partial charge in [-0.1, -0.05) is 31.5 Å². The van der Waals surface area contributed by atoms with Crippen LogP contribution in [-0.4, -0.2) is 26.1 Å². The number of H-pyrrole nitrogens is 1. The molecule has 0 unspecified atom stereocenters. The van der Waals surface area contributed by atoms with Crippen molar-refractivity contribution in [3.8, 4) is 0 Å². The largest absolute Gasteiger partial charge is 0.359 e. The maximum atomic E-state index is 13.3. The second-order valence-corrected chi connectivity index (χ2v) is 8.92. The van der Waals surface area contributed by atoms with Gasteiger partial charge in [0.25, 0.3) is 5.56 Å². The Morgan fingerprint density at radius 2 is 2.26 bits per heavy atom. The highest BCUT2D eigenvalue weighted by Crippen LogP contribution is 2.35. The molecule has 0 atom stereocenters. The van der Waals surface area contributed by atoms with Gasteiger partial charge in [-0.2, -0.15) is 0 Å². The molecule has 142 valence electrons. The van der Waals surface area contributed by atoms with E-state index in [0.717, 1.165) is 48.7 Å². The van der Waals surface area contributed by atoms with E-state index in [9.17, 15) is 9.59 Å². The number of carbonyl (C=O) groups excluding carboxylic acids is 1. The smallest absolute Gasteiger partial charge is 0.263 e. The van der Waals surface area contributed by atoms with Crippen LogP contribution in [0.5, 0.6) is 0 Å². The van der Waals surface area contributed by atoms with E-state index in [-0.39, 0.29) is 17.1 Å². The van der Waals surface area contributed by atoms with Gasteiger partial charge >= 0.3 is 0 Å². The van der Waals surface area contributed by atoms with Crippen LogP contribution in [-0.2, 0) is 19.4 Å². The number of nitrogens with zero attached hydrogens (tertiary/aromatic N) is 2. The number of thiophene rings is 1. The molecule has 0 fully saturated rings. The molecule has 5 nitrogen and oxygen atoms in total. The third-order valence-electron chi connectivity index (χ3n) is 5.01. The van der Waals surface area contributed by atoms with Crippen molar-refractivity contribution in [3.05, 3.63) is 44.8 Å². The number of ketones is 1. The fourth-order valence-electron chi connectivity index (χ4n) is 3.60. The van der Waals surface area contributed by atoms with Crippen LogP contribution in [0.4, 0.5) is 0 Å². The summed E-state index contributed by atoms with van der Waals surface area (Å²) in [5.41, 5.74) is 1.89. The van der Waals surface area contributed by atoms with Gasteiger partial charge in [0.05, 0.1) is 16.8 Å². The highest BCUT2D eigenvalue weighted by atomic mass is 32.2. The normalized spacial score (nSPS) is 13.4. The van der Waals surface area contributed by atoms with Gasteiger partial charge in [-0.25, -0.2) is 4.98 Å². The molecule has 1 aliphatic rings. The lowest BCUT2D eigenvalue weighted by atomic mass is 10.2. The number of Topliss-reactive ketones (excluding diaryl/α,β-unsaturated/α-hetero) is 1. The van der Waals surface area contributed by atoms with Crippen molar-refractivity contribution < 1.29 is 4.79 Å². The zero-order valence-corrected chi connectivity index (χ0v) is 17.0. The molecule has 7 heteroatoms. The van der Waals surface area contributed by atoms with Crippen molar-refractivity contribution in [1.82, 2.24) is 14.5 Å². The first kappa shape index (κ1) is 18.5. The molecule has 1 aliphatic carbocycles. The van der Waals surface area contributed by atoms with Crippen LogP contribution in [0.2, 0.25) is 0 Å². The minimum atomic E-state index is 0.0214.